The maximum atomic E-state index is 8.41. The molecule has 0 aliphatic carbocycles. The molecule has 0 aromatic rings. The van der Waals surface area contributed by atoms with Crippen molar-refractivity contribution in [3.05, 3.63) is 0 Å². The van der Waals surface area contributed by atoms with Crippen LogP contribution in [0.1, 0.15) is 33.6 Å². The van der Waals surface area contributed by atoms with Gasteiger partial charge in [-0.2, -0.15) is 5.26 Å². The van der Waals surface area contributed by atoms with Crippen LogP contribution in [0.15, 0.2) is 0 Å². The molecule has 1 aliphatic heterocycles. The fraction of sp³-hybridized carbons (Fsp3) is 0.889. The molecule has 0 amide bonds. The highest BCUT2D eigenvalue weighted by molar-refractivity contribution is 4.84. The Morgan fingerprint density at radius 2 is 1.92 bits per heavy atom. The number of aliphatic hydroxyl groups is 1. The standard InChI is InChI=1S/C6H10N2.C2H6.CH4O/c1-6-3-2-4-8(6)5-7;2*1-2/h6H,2-4H2,1H3;1-2H3;2H,1H3. The second-order valence-electron chi connectivity index (χ2n) is 2.28. The van der Waals surface area contributed by atoms with Crippen molar-refractivity contribution in [3.63, 3.8) is 0 Å². The van der Waals surface area contributed by atoms with Gasteiger partial charge in [-0.1, -0.05) is 13.8 Å². The summed E-state index contributed by atoms with van der Waals surface area (Å²) >= 11 is 0. The minimum Gasteiger partial charge on any atom is -0.400 e. The van der Waals surface area contributed by atoms with E-state index in [0.29, 0.717) is 6.04 Å². The highest BCUT2D eigenvalue weighted by Crippen LogP contribution is 2.13. The van der Waals surface area contributed by atoms with Gasteiger partial charge in [-0.3, -0.25) is 0 Å². The van der Waals surface area contributed by atoms with Crippen LogP contribution in [0.5, 0.6) is 0 Å². The molecule has 0 bridgehead atoms. The SMILES string of the molecule is CC.CC1CCCN1C#N.CO. The maximum absolute atomic E-state index is 8.41. The summed E-state index contributed by atoms with van der Waals surface area (Å²) < 4.78 is 0. The summed E-state index contributed by atoms with van der Waals surface area (Å²) in [7, 11) is 1.00. The largest absolute Gasteiger partial charge is 0.400 e. The topological polar surface area (TPSA) is 47.3 Å². The summed E-state index contributed by atoms with van der Waals surface area (Å²) in [5.41, 5.74) is 0. The van der Waals surface area contributed by atoms with Gasteiger partial charge in [0.1, 0.15) is 0 Å². The van der Waals surface area contributed by atoms with Gasteiger partial charge in [0.25, 0.3) is 0 Å². The van der Waals surface area contributed by atoms with E-state index in [9.17, 15) is 0 Å². The second kappa shape index (κ2) is 10.2. The number of hydrogen-bond acceptors (Lipinski definition) is 3. The van der Waals surface area contributed by atoms with Crippen molar-refractivity contribution in [2.75, 3.05) is 13.7 Å². The Hall–Kier alpha value is -0.750. The Bertz CT molecular complexity index is 120. The first kappa shape index (κ1) is 13.8. The average Bonchev–Trinajstić information content (AvgIpc) is 2.58. The van der Waals surface area contributed by atoms with Crippen molar-refractivity contribution in [2.24, 2.45) is 0 Å². The highest BCUT2D eigenvalue weighted by atomic mass is 16.2. The third-order valence-corrected chi connectivity index (χ3v) is 1.68. The Balaban J connectivity index is 0. The van der Waals surface area contributed by atoms with Crippen LogP contribution < -0.4 is 0 Å². The van der Waals surface area contributed by atoms with E-state index >= 15 is 0 Å². The minimum absolute atomic E-state index is 0.500. The van der Waals surface area contributed by atoms with Crippen LogP contribution in [0.4, 0.5) is 0 Å². The molecule has 1 rings (SSSR count). The van der Waals surface area contributed by atoms with E-state index in [0.717, 1.165) is 13.7 Å². The van der Waals surface area contributed by atoms with Gasteiger partial charge in [0, 0.05) is 19.7 Å². The van der Waals surface area contributed by atoms with Crippen LogP contribution in [-0.4, -0.2) is 29.7 Å². The number of rotatable bonds is 0. The zero-order valence-electron chi connectivity index (χ0n) is 8.54. The van der Waals surface area contributed by atoms with Crippen LogP contribution in [0.2, 0.25) is 0 Å². The van der Waals surface area contributed by atoms with Gasteiger partial charge in [-0.05, 0) is 19.8 Å². The number of nitrogens with zero attached hydrogens (tertiary/aromatic N) is 2. The number of hydrogen-bond donors (Lipinski definition) is 1. The fourth-order valence-corrected chi connectivity index (χ4v) is 1.08. The number of nitriles is 1. The normalized spacial score (nSPS) is 19.7. The summed E-state index contributed by atoms with van der Waals surface area (Å²) in [5.74, 6) is 0. The van der Waals surface area contributed by atoms with Crippen LogP contribution in [0.25, 0.3) is 0 Å². The molecule has 1 heterocycles. The Labute approximate surface area is 75.6 Å². The van der Waals surface area contributed by atoms with Gasteiger partial charge >= 0.3 is 0 Å². The maximum Gasteiger partial charge on any atom is 0.179 e. The van der Waals surface area contributed by atoms with Crippen molar-refractivity contribution in [2.45, 2.75) is 39.7 Å². The predicted octanol–water partition coefficient (Wildman–Crippen LogP) is 1.59. The van der Waals surface area contributed by atoms with E-state index in [4.69, 9.17) is 10.4 Å². The zero-order chi connectivity index (χ0) is 9.98. The van der Waals surface area contributed by atoms with E-state index < -0.39 is 0 Å². The predicted molar refractivity (Wildman–Crippen MR) is 50.5 cm³/mol. The summed E-state index contributed by atoms with van der Waals surface area (Å²) in [4.78, 5) is 1.83. The first-order valence-electron chi connectivity index (χ1n) is 4.45. The third kappa shape index (κ3) is 4.97. The monoisotopic (exact) mass is 172 g/mol. The lowest BCUT2D eigenvalue weighted by Gasteiger charge is -2.10. The van der Waals surface area contributed by atoms with Crippen molar-refractivity contribution < 1.29 is 5.11 Å². The van der Waals surface area contributed by atoms with Crippen LogP contribution in [0.3, 0.4) is 0 Å². The zero-order valence-corrected chi connectivity index (χ0v) is 8.54. The van der Waals surface area contributed by atoms with Gasteiger partial charge in [0.05, 0.1) is 0 Å². The van der Waals surface area contributed by atoms with E-state index in [1.165, 1.54) is 12.8 Å². The quantitative estimate of drug-likeness (QED) is 0.564. The molecular formula is C9H20N2O. The lowest BCUT2D eigenvalue weighted by molar-refractivity contribution is 0.388. The molecule has 72 valence electrons. The van der Waals surface area contributed by atoms with Gasteiger partial charge in [-0.25, -0.2) is 0 Å². The molecule has 1 fully saturated rings. The number of aliphatic hydroxyl groups excluding tert-OH is 1. The van der Waals surface area contributed by atoms with E-state index in [1.54, 1.807) is 0 Å². The van der Waals surface area contributed by atoms with E-state index in [1.807, 2.05) is 18.7 Å². The summed E-state index contributed by atoms with van der Waals surface area (Å²) in [6, 6.07) is 0.500. The minimum atomic E-state index is 0.500. The van der Waals surface area contributed by atoms with E-state index in [2.05, 4.69) is 13.1 Å². The van der Waals surface area contributed by atoms with Gasteiger partial charge in [0.15, 0.2) is 6.19 Å². The molecule has 3 heteroatoms. The van der Waals surface area contributed by atoms with Crippen LogP contribution in [-0.2, 0) is 0 Å². The Morgan fingerprint density at radius 1 is 1.42 bits per heavy atom. The molecular weight excluding hydrogens is 152 g/mol. The van der Waals surface area contributed by atoms with Crippen LogP contribution in [0, 0.1) is 11.5 Å². The lowest BCUT2D eigenvalue weighted by atomic mass is 10.2. The average molecular weight is 172 g/mol. The molecule has 1 unspecified atom stereocenters. The second-order valence-corrected chi connectivity index (χ2v) is 2.28. The Kier molecular flexibility index (Phi) is 11.8. The van der Waals surface area contributed by atoms with Gasteiger partial charge < -0.3 is 10.0 Å². The molecule has 12 heavy (non-hydrogen) atoms. The molecule has 0 radical (unpaired) electrons. The van der Waals surface area contributed by atoms with Gasteiger partial charge in [-0.15, -0.1) is 0 Å². The molecule has 1 atom stereocenters. The molecule has 1 aliphatic rings. The Morgan fingerprint density at radius 3 is 2.08 bits per heavy atom. The molecule has 1 N–H and O–H groups in total. The van der Waals surface area contributed by atoms with E-state index in [-0.39, 0.29) is 0 Å². The third-order valence-electron chi connectivity index (χ3n) is 1.68. The van der Waals surface area contributed by atoms with Crippen molar-refractivity contribution in [1.29, 1.82) is 5.26 Å². The van der Waals surface area contributed by atoms with Gasteiger partial charge in [0.2, 0.25) is 0 Å². The molecule has 0 spiro atoms. The van der Waals surface area contributed by atoms with Crippen molar-refractivity contribution in [1.82, 2.24) is 4.90 Å². The smallest absolute Gasteiger partial charge is 0.179 e. The summed E-state index contributed by atoms with van der Waals surface area (Å²) in [5, 5.41) is 15.4. The molecule has 1 saturated heterocycles. The van der Waals surface area contributed by atoms with Crippen LogP contribution >= 0.6 is 0 Å². The number of likely N-dealkylation sites (tertiary alicyclic amines) is 1. The molecule has 0 aromatic carbocycles. The fourth-order valence-electron chi connectivity index (χ4n) is 1.08. The summed E-state index contributed by atoms with van der Waals surface area (Å²) in [6.07, 6.45) is 4.52. The first-order valence-corrected chi connectivity index (χ1v) is 4.45. The molecule has 0 saturated carbocycles. The molecule has 3 nitrogen and oxygen atoms in total. The van der Waals surface area contributed by atoms with Crippen molar-refractivity contribution >= 4 is 0 Å². The van der Waals surface area contributed by atoms with Crippen molar-refractivity contribution in [3.8, 4) is 6.19 Å². The summed E-state index contributed by atoms with van der Waals surface area (Å²) in [6.45, 7) is 7.06. The highest BCUT2D eigenvalue weighted by Gasteiger charge is 2.17. The lowest BCUT2D eigenvalue weighted by Crippen LogP contribution is -2.20. The molecule has 0 aromatic heterocycles. The first-order chi connectivity index (χ1) is 5.84.